The van der Waals surface area contributed by atoms with E-state index in [1.165, 1.54) is 31.7 Å². The molecule has 0 amide bonds. The van der Waals surface area contributed by atoms with Gasteiger partial charge in [-0.3, -0.25) is 0 Å². The summed E-state index contributed by atoms with van der Waals surface area (Å²) >= 11 is 6.45. The molecule has 0 aromatic heterocycles. The fourth-order valence-corrected chi connectivity index (χ4v) is 5.36. The van der Waals surface area contributed by atoms with Crippen molar-refractivity contribution in [1.29, 1.82) is 0 Å². The molecular weight excluding hydrogens is 460 g/mol. The monoisotopic (exact) mass is 494 g/mol. The summed E-state index contributed by atoms with van der Waals surface area (Å²) in [5.74, 6) is -0.724. The molecule has 2 aromatic rings. The molecule has 3 aliphatic rings. The number of methoxy groups -OCH3 is 1. The summed E-state index contributed by atoms with van der Waals surface area (Å²) in [6, 6.07) is 3.52. The van der Waals surface area contributed by atoms with E-state index in [0.29, 0.717) is 17.4 Å². The van der Waals surface area contributed by atoms with Gasteiger partial charge in [0.15, 0.2) is 0 Å². The third-order valence-corrected chi connectivity index (χ3v) is 7.58. The van der Waals surface area contributed by atoms with Gasteiger partial charge >= 0.3 is 0 Å². The highest BCUT2D eigenvalue weighted by Gasteiger charge is 2.55. The lowest BCUT2D eigenvalue weighted by Crippen LogP contribution is -2.64. The van der Waals surface area contributed by atoms with Gasteiger partial charge in [-0.1, -0.05) is 29.8 Å². The average molecular weight is 495 g/mol. The SMILES string of the molecule is [2H]c1c([2H])c(OC2C[C@@H]3C[C@@H]3C2)c([2H])c([2H])c1Cc1cc(C2(OC)O[C@H](CO)[C@@H](O)[C@H](O)[C@H]2O)ccc1Cl. The molecule has 1 saturated heterocycles. The van der Waals surface area contributed by atoms with Crippen molar-refractivity contribution in [2.75, 3.05) is 13.7 Å². The van der Waals surface area contributed by atoms with Crippen molar-refractivity contribution in [3.05, 3.63) is 64.1 Å². The molecule has 7 nitrogen and oxygen atoms in total. The van der Waals surface area contributed by atoms with E-state index >= 15 is 0 Å². The van der Waals surface area contributed by atoms with E-state index in [0.717, 1.165) is 12.8 Å². The molecule has 3 fully saturated rings. The zero-order valence-electron chi connectivity index (χ0n) is 22.7. The molecule has 1 aliphatic heterocycles. The van der Waals surface area contributed by atoms with E-state index in [4.69, 9.17) is 31.3 Å². The Balaban J connectivity index is 1.48. The van der Waals surface area contributed by atoms with Crippen LogP contribution in [0.4, 0.5) is 0 Å². The van der Waals surface area contributed by atoms with Crippen LogP contribution in [0.25, 0.3) is 0 Å². The summed E-state index contributed by atoms with van der Waals surface area (Å²) in [5.41, 5.74) is 0.718. The van der Waals surface area contributed by atoms with E-state index in [1.54, 1.807) is 0 Å². The standard InChI is InChI=1S/C26H31ClO7/c1-32-26(25(31)24(30)23(29)22(13-28)34-26)18-4-7-21(27)17(10-18)8-14-2-5-19(6-3-14)33-20-11-15-9-16(15)12-20/h2-7,10,15-16,20,22-25,28-31H,8-9,11-13H2,1H3/t15-,16+,20?,22-,23-,24+,25-,26?/m1/s1/i2D,3D,5D,6D. The van der Waals surface area contributed by atoms with E-state index in [9.17, 15) is 20.4 Å². The zero-order chi connectivity index (χ0) is 27.5. The fourth-order valence-electron chi connectivity index (χ4n) is 5.18. The molecule has 1 heterocycles. The van der Waals surface area contributed by atoms with Gasteiger partial charge in [-0.15, -0.1) is 0 Å². The number of hydrogen-bond donors (Lipinski definition) is 4. The van der Waals surface area contributed by atoms with Crippen molar-refractivity contribution in [3.63, 3.8) is 0 Å². The highest BCUT2D eigenvalue weighted by atomic mass is 35.5. The van der Waals surface area contributed by atoms with Gasteiger partial charge in [0.25, 0.3) is 0 Å². The summed E-state index contributed by atoms with van der Waals surface area (Å²) < 4.78 is 51.3. The summed E-state index contributed by atoms with van der Waals surface area (Å²) in [6.45, 7) is -0.643. The normalized spacial score (nSPS) is 38.5. The van der Waals surface area contributed by atoms with Gasteiger partial charge in [0.2, 0.25) is 5.79 Å². The summed E-state index contributed by atoms with van der Waals surface area (Å²) in [7, 11) is 1.24. The second-order valence-electron chi connectivity index (χ2n) is 9.39. The van der Waals surface area contributed by atoms with Crippen molar-refractivity contribution in [2.24, 2.45) is 11.8 Å². The molecule has 5 rings (SSSR count). The van der Waals surface area contributed by atoms with Crippen LogP contribution in [0.2, 0.25) is 5.02 Å². The van der Waals surface area contributed by atoms with E-state index in [2.05, 4.69) is 0 Å². The van der Waals surface area contributed by atoms with Crippen LogP contribution in [-0.2, 0) is 21.7 Å². The Morgan fingerprint density at radius 2 is 1.79 bits per heavy atom. The first-order valence-corrected chi connectivity index (χ1v) is 11.8. The first kappa shape index (κ1) is 19.5. The molecule has 8 heteroatoms. The number of hydrogen-bond acceptors (Lipinski definition) is 7. The van der Waals surface area contributed by atoms with Crippen LogP contribution in [0.5, 0.6) is 5.75 Å². The van der Waals surface area contributed by atoms with Crippen LogP contribution in [0.1, 0.15) is 41.4 Å². The van der Waals surface area contributed by atoms with Crippen LogP contribution in [0.3, 0.4) is 0 Å². The second-order valence-corrected chi connectivity index (χ2v) is 9.80. The summed E-state index contributed by atoms with van der Waals surface area (Å²) in [5, 5.41) is 41.3. The molecule has 4 N–H and O–H groups in total. The minimum absolute atomic E-state index is 0.0467. The average Bonchev–Trinajstić information content (AvgIpc) is 3.53. The number of benzene rings is 2. The molecular formula is C26H31ClO7. The highest BCUT2D eigenvalue weighted by Crippen LogP contribution is 2.52. The van der Waals surface area contributed by atoms with Gasteiger partial charge < -0.3 is 34.6 Å². The summed E-state index contributed by atoms with van der Waals surface area (Å²) in [4.78, 5) is 0. The molecule has 0 radical (unpaired) electrons. The molecule has 8 atom stereocenters. The third kappa shape index (κ3) is 4.35. The number of aliphatic hydroxyl groups excluding tert-OH is 4. The Bertz CT molecular complexity index is 1190. The summed E-state index contributed by atoms with van der Waals surface area (Å²) in [6.07, 6.45) is -3.47. The first-order chi connectivity index (χ1) is 18.0. The number of fused-ring (bicyclic) bond motifs is 1. The second kappa shape index (κ2) is 9.39. The van der Waals surface area contributed by atoms with Crippen molar-refractivity contribution in [2.45, 2.75) is 62.0 Å². The minimum atomic E-state index is -1.96. The van der Waals surface area contributed by atoms with Crippen molar-refractivity contribution in [1.82, 2.24) is 0 Å². The van der Waals surface area contributed by atoms with Crippen LogP contribution in [0.15, 0.2) is 42.4 Å². The Morgan fingerprint density at radius 3 is 2.44 bits per heavy atom. The smallest absolute Gasteiger partial charge is 0.224 e. The number of aliphatic hydroxyl groups is 4. The Hall–Kier alpha value is -1.71. The lowest BCUT2D eigenvalue weighted by Gasteiger charge is -2.47. The number of ether oxygens (including phenoxy) is 3. The van der Waals surface area contributed by atoms with E-state index in [1.807, 2.05) is 0 Å². The Kier molecular flexibility index (Phi) is 5.38. The van der Waals surface area contributed by atoms with Crippen LogP contribution < -0.4 is 4.74 Å². The molecule has 2 saturated carbocycles. The zero-order valence-corrected chi connectivity index (χ0v) is 19.5. The van der Waals surface area contributed by atoms with Gasteiger partial charge in [0.1, 0.15) is 30.2 Å². The van der Waals surface area contributed by atoms with Gasteiger partial charge in [0, 0.05) is 17.7 Å². The Labute approximate surface area is 209 Å². The van der Waals surface area contributed by atoms with Crippen molar-refractivity contribution >= 4 is 11.6 Å². The fraction of sp³-hybridized carbons (Fsp3) is 0.538. The lowest BCUT2D eigenvalue weighted by molar-refractivity contribution is -0.366. The number of halogens is 1. The molecule has 184 valence electrons. The van der Waals surface area contributed by atoms with Crippen molar-refractivity contribution < 1.29 is 40.1 Å². The maximum absolute atomic E-state index is 10.8. The molecule has 0 bridgehead atoms. The molecule has 2 aromatic carbocycles. The van der Waals surface area contributed by atoms with E-state index in [-0.39, 0.29) is 58.6 Å². The molecule has 2 unspecified atom stereocenters. The highest BCUT2D eigenvalue weighted by molar-refractivity contribution is 6.31. The third-order valence-electron chi connectivity index (χ3n) is 7.21. The molecule has 2 aliphatic carbocycles. The molecule has 0 spiro atoms. The van der Waals surface area contributed by atoms with Gasteiger partial charge in [-0.05, 0) is 72.9 Å². The number of rotatable bonds is 7. The molecule has 34 heavy (non-hydrogen) atoms. The predicted octanol–water partition coefficient (Wildman–Crippen LogP) is 2.38. The lowest BCUT2D eigenvalue weighted by atomic mass is 9.87. The van der Waals surface area contributed by atoms with Gasteiger partial charge in [-0.2, -0.15) is 0 Å². The van der Waals surface area contributed by atoms with Gasteiger partial charge in [0.05, 0.1) is 18.2 Å². The predicted molar refractivity (Wildman–Crippen MR) is 125 cm³/mol. The maximum Gasteiger partial charge on any atom is 0.224 e. The van der Waals surface area contributed by atoms with Crippen molar-refractivity contribution in [3.8, 4) is 5.75 Å². The van der Waals surface area contributed by atoms with Crippen LogP contribution in [-0.4, -0.2) is 64.7 Å². The largest absolute Gasteiger partial charge is 0.490 e. The topological polar surface area (TPSA) is 109 Å². The van der Waals surface area contributed by atoms with Gasteiger partial charge in [-0.25, -0.2) is 0 Å². The maximum atomic E-state index is 10.8. The van der Waals surface area contributed by atoms with Crippen LogP contribution >= 0.6 is 11.6 Å². The first-order valence-electron chi connectivity index (χ1n) is 13.4. The Morgan fingerprint density at radius 1 is 1.09 bits per heavy atom. The van der Waals surface area contributed by atoms with E-state index < -0.39 is 36.8 Å². The minimum Gasteiger partial charge on any atom is -0.490 e. The van der Waals surface area contributed by atoms with Crippen LogP contribution in [0, 0.1) is 11.8 Å². The quantitative estimate of drug-likeness (QED) is 0.468.